The molecule has 4 rings (SSSR count). The van der Waals surface area contributed by atoms with Crippen LogP contribution < -0.4 is 10.0 Å². The van der Waals surface area contributed by atoms with Gasteiger partial charge >= 0.3 is 0 Å². The zero-order chi connectivity index (χ0) is 23.6. The van der Waals surface area contributed by atoms with Crippen LogP contribution in [0.4, 0.5) is 16.5 Å². The molecule has 0 fully saturated rings. The van der Waals surface area contributed by atoms with Gasteiger partial charge in [-0.25, -0.2) is 13.4 Å². The van der Waals surface area contributed by atoms with Crippen molar-refractivity contribution in [3.63, 3.8) is 0 Å². The van der Waals surface area contributed by atoms with Crippen LogP contribution in [0.15, 0.2) is 70.3 Å². The van der Waals surface area contributed by atoms with Crippen LogP contribution in [0, 0.1) is 10.1 Å². The summed E-state index contributed by atoms with van der Waals surface area (Å²) in [5, 5.41) is 17.3. The molecule has 0 saturated heterocycles. The molecule has 0 bridgehead atoms. The van der Waals surface area contributed by atoms with Crippen molar-refractivity contribution >= 4 is 66.7 Å². The van der Waals surface area contributed by atoms with Gasteiger partial charge in [-0.1, -0.05) is 17.7 Å². The van der Waals surface area contributed by atoms with Crippen LogP contribution in [0.1, 0.15) is 10.4 Å². The molecule has 0 spiro atoms. The Kier molecular flexibility index (Phi) is 6.42. The highest BCUT2D eigenvalue weighted by molar-refractivity contribution is 7.92. The largest absolute Gasteiger partial charge is 0.298 e. The first-order chi connectivity index (χ1) is 15.7. The number of anilines is 2. The molecule has 33 heavy (non-hydrogen) atoms. The van der Waals surface area contributed by atoms with E-state index in [4.69, 9.17) is 11.6 Å². The van der Waals surface area contributed by atoms with Gasteiger partial charge < -0.3 is 0 Å². The van der Waals surface area contributed by atoms with Crippen molar-refractivity contribution in [2.45, 2.75) is 4.90 Å². The number of aromatic nitrogens is 1. The maximum absolute atomic E-state index is 12.7. The molecule has 0 aliphatic rings. The average Bonchev–Trinajstić information content (AvgIpc) is 3.43. The van der Waals surface area contributed by atoms with Gasteiger partial charge in [0.15, 0.2) is 5.13 Å². The van der Waals surface area contributed by atoms with Crippen molar-refractivity contribution in [1.29, 1.82) is 0 Å². The molecule has 0 aliphatic carbocycles. The Morgan fingerprint density at radius 3 is 2.52 bits per heavy atom. The van der Waals surface area contributed by atoms with Gasteiger partial charge in [0.2, 0.25) is 0 Å². The number of benzene rings is 2. The monoisotopic (exact) mass is 520 g/mol. The maximum Gasteiger partial charge on any atom is 0.280 e. The van der Waals surface area contributed by atoms with Gasteiger partial charge in [0.05, 0.1) is 25.8 Å². The number of amides is 1. The van der Waals surface area contributed by atoms with Crippen molar-refractivity contribution in [2.75, 3.05) is 10.0 Å². The highest BCUT2D eigenvalue weighted by Crippen LogP contribution is 2.33. The van der Waals surface area contributed by atoms with Crippen LogP contribution in [0.25, 0.3) is 10.6 Å². The van der Waals surface area contributed by atoms with Gasteiger partial charge in [0.1, 0.15) is 0 Å². The van der Waals surface area contributed by atoms with Crippen molar-refractivity contribution in [3.8, 4) is 10.6 Å². The first-order valence-electron chi connectivity index (χ1n) is 9.10. The normalized spacial score (nSPS) is 11.2. The number of nitro groups is 1. The molecule has 0 atom stereocenters. The van der Waals surface area contributed by atoms with E-state index >= 15 is 0 Å². The number of thiophene rings is 1. The van der Waals surface area contributed by atoms with Crippen molar-refractivity contribution in [2.24, 2.45) is 0 Å². The summed E-state index contributed by atoms with van der Waals surface area (Å²) in [6.45, 7) is 0. The molecule has 0 saturated carbocycles. The van der Waals surface area contributed by atoms with Crippen LogP contribution in [-0.2, 0) is 10.0 Å². The zero-order valence-corrected chi connectivity index (χ0v) is 19.6. The standard InChI is InChI=1S/C20H13ClN4O5S3/c21-13-4-6-16(7-5-13)33(29,30)24-14-3-1-2-12(8-14)19(26)23-20-22-17(11-32-20)18-9-15(10-31-18)25(27)28/h1-11,24H,(H,22,23,26). The minimum Gasteiger partial charge on any atom is -0.298 e. The summed E-state index contributed by atoms with van der Waals surface area (Å²) in [5.74, 6) is -0.486. The molecule has 2 aromatic carbocycles. The number of carbonyl (C=O) groups is 1. The summed E-state index contributed by atoms with van der Waals surface area (Å²) in [7, 11) is -3.86. The number of thiazole rings is 1. The summed E-state index contributed by atoms with van der Waals surface area (Å²) in [5.41, 5.74) is 0.919. The quantitative estimate of drug-likeness (QED) is 0.245. The Hall–Kier alpha value is -3.32. The van der Waals surface area contributed by atoms with Crippen LogP contribution in [0.3, 0.4) is 0 Å². The lowest BCUT2D eigenvalue weighted by Crippen LogP contribution is -2.15. The summed E-state index contributed by atoms with van der Waals surface area (Å²) in [6, 6.07) is 13.1. The van der Waals surface area contributed by atoms with E-state index in [1.54, 1.807) is 11.4 Å². The van der Waals surface area contributed by atoms with E-state index in [9.17, 15) is 23.3 Å². The number of halogens is 1. The molecule has 0 radical (unpaired) electrons. The number of nitrogens with zero attached hydrogens (tertiary/aromatic N) is 2. The number of nitrogens with one attached hydrogen (secondary N) is 2. The van der Waals surface area contributed by atoms with Gasteiger partial charge in [0.25, 0.3) is 21.6 Å². The minimum absolute atomic E-state index is 0.0218. The molecule has 2 aromatic heterocycles. The topological polar surface area (TPSA) is 131 Å². The number of carbonyl (C=O) groups excluding carboxylic acids is 1. The maximum atomic E-state index is 12.7. The molecule has 0 aliphatic heterocycles. The Morgan fingerprint density at radius 1 is 1.06 bits per heavy atom. The Morgan fingerprint density at radius 2 is 1.82 bits per heavy atom. The fraction of sp³-hybridized carbons (Fsp3) is 0. The third kappa shape index (κ3) is 5.37. The molecule has 13 heteroatoms. The third-order valence-electron chi connectivity index (χ3n) is 4.27. The second kappa shape index (κ2) is 9.27. The molecule has 1 amide bonds. The van der Waals surface area contributed by atoms with Crippen molar-refractivity contribution in [3.05, 3.63) is 86.1 Å². The third-order valence-corrected chi connectivity index (χ3v) is 7.62. The van der Waals surface area contributed by atoms with E-state index in [0.717, 1.165) is 0 Å². The van der Waals surface area contributed by atoms with Gasteiger partial charge in [-0.05, 0) is 42.5 Å². The predicted octanol–water partition coefficient (Wildman–Crippen LogP) is 5.49. The summed E-state index contributed by atoms with van der Waals surface area (Å²) in [6.07, 6.45) is 0. The number of hydrogen-bond donors (Lipinski definition) is 2. The molecular formula is C20H13ClN4O5S3. The smallest absolute Gasteiger partial charge is 0.280 e. The number of rotatable bonds is 7. The highest BCUT2D eigenvalue weighted by Gasteiger charge is 2.17. The second-order valence-corrected chi connectivity index (χ2v) is 10.4. The lowest BCUT2D eigenvalue weighted by atomic mass is 10.2. The van der Waals surface area contributed by atoms with Gasteiger partial charge in [-0.2, -0.15) is 0 Å². The van der Waals surface area contributed by atoms with Gasteiger partial charge in [-0.15, -0.1) is 22.7 Å². The molecule has 0 unspecified atom stereocenters. The van der Waals surface area contributed by atoms with E-state index in [1.807, 2.05) is 0 Å². The van der Waals surface area contributed by atoms with Crippen LogP contribution in [0.5, 0.6) is 0 Å². The first kappa shape index (κ1) is 22.9. The summed E-state index contributed by atoms with van der Waals surface area (Å²) in [4.78, 5) is 28.0. The molecular weight excluding hydrogens is 508 g/mol. The van der Waals surface area contributed by atoms with E-state index in [2.05, 4.69) is 15.0 Å². The predicted molar refractivity (Wildman–Crippen MR) is 129 cm³/mol. The Bertz CT molecular complexity index is 1450. The zero-order valence-electron chi connectivity index (χ0n) is 16.4. The van der Waals surface area contributed by atoms with E-state index in [0.29, 0.717) is 20.7 Å². The molecule has 9 nitrogen and oxygen atoms in total. The van der Waals surface area contributed by atoms with E-state index in [1.165, 1.54) is 76.6 Å². The lowest BCUT2D eigenvalue weighted by Gasteiger charge is -2.09. The highest BCUT2D eigenvalue weighted by atomic mass is 35.5. The Labute approximate surface area is 200 Å². The van der Waals surface area contributed by atoms with E-state index < -0.39 is 20.9 Å². The van der Waals surface area contributed by atoms with E-state index in [-0.39, 0.29) is 21.8 Å². The fourth-order valence-corrected chi connectivity index (χ4v) is 5.49. The number of sulfonamides is 1. The first-order valence-corrected chi connectivity index (χ1v) is 12.7. The Balaban J connectivity index is 1.47. The fourth-order valence-electron chi connectivity index (χ4n) is 2.72. The van der Waals surface area contributed by atoms with Crippen molar-refractivity contribution < 1.29 is 18.1 Å². The SMILES string of the molecule is O=C(Nc1nc(-c2cc([N+](=O)[O-])cs2)cs1)c1cccc(NS(=O)(=O)c2ccc(Cl)cc2)c1. The molecule has 4 aromatic rings. The number of hydrogen-bond acceptors (Lipinski definition) is 8. The van der Waals surface area contributed by atoms with Crippen LogP contribution >= 0.6 is 34.3 Å². The molecule has 2 heterocycles. The van der Waals surface area contributed by atoms with Gasteiger partial charge in [0, 0.05) is 27.7 Å². The molecule has 168 valence electrons. The average molecular weight is 521 g/mol. The summed E-state index contributed by atoms with van der Waals surface area (Å²) < 4.78 is 27.6. The minimum atomic E-state index is -3.86. The lowest BCUT2D eigenvalue weighted by molar-refractivity contribution is -0.384. The van der Waals surface area contributed by atoms with Crippen LogP contribution in [-0.4, -0.2) is 24.2 Å². The van der Waals surface area contributed by atoms with Crippen LogP contribution in [0.2, 0.25) is 5.02 Å². The second-order valence-electron chi connectivity index (χ2n) is 6.56. The summed E-state index contributed by atoms with van der Waals surface area (Å²) >= 11 is 8.16. The van der Waals surface area contributed by atoms with Gasteiger partial charge in [-0.3, -0.25) is 24.9 Å². The molecule has 2 N–H and O–H groups in total. The van der Waals surface area contributed by atoms with Crippen molar-refractivity contribution in [1.82, 2.24) is 4.98 Å².